The number of rotatable bonds is 6. The van der Waals surface area contributed by atoms with Crippen molar-refractivity contribution >= 4 is 35.1 Å². The normalized spacial score (nSPS) is 41.2. The number of aliphatic hydroxyl groups excluding tert-OH is 1. The summed E-state index contributed by atoms with van der Waals surface area (Å²) in [5.41, 5.74) is -6.05. The van der Waals surface area contributed by atoms with Gasteiger partial charge in [-0.05, 0) is 71.4 Å². The van der Waals surface area contributed by atoms with Gasteiger partial charge in [0.15, 0.2) is 22.8 Å². The number of alkyl halides is 2. The predicted molar refractivity (Wildman–Crippen MR) is 143 cm³/mol. The number of carbonyl (C=O) groups is 4. The third-order valence-corrected chi connectivity index (χ3v) is 10.2. The van der Waals surface area contributed by atoms with Crippen molar-refractivity contribution in [2.75, 3.05) is 5.88 Å². The van der Waals surface area contributed by atoms with Gasteiger partial charge in [0.2, 0.25) is 0 Å². The van der Waals surface area contributed by atoms with E-state index in [4.69, 9.17) is 21.1 Å². The minimum absolute atomic E-state index is 0.123. The first kappa shape index (κ1) is 29.9. The van der Waals surface area contributed by atoms with Gasteiger partial charge in [0.05, 0.1) is 24.8 Å². The van der Waals surface area contributed by atoms with Crippen LogP contribution in [0.1, 0.15) is 80.1 Å². The predicted octanol–water partition coefficient (Wildman–Crippen LogP) is 4.82. The van der Waals surface area contributed by atoms with Crippen molar-refractivity contribution in [1.29, 1.82) is 0 Å². The Balaban J connectivity index is 1.68. The largest absolute Gasteiger partial charge is 0.460 e. The van der Waals surface area contributed by atoms with Gasteiger partial charge in [-0.25, -0.2) is 4.39 Å². The first-order chi connectivity index (χ1) is 18.0. The molecule has 0 aromatic carbocycles. The highest BCUT2D eigenvalue weighted by Gasteiger charge is 2.77. The van der Waals surface area contributed by atoms with Crippen LogP contribution in [0.25, 0.3) is 0 Å². The van der Waals surface area contributed by atoms with Crippen LogP contribution in [-0.4, -0.2) is 57.5 Å². The second kappa shape index (κ2) is 9.79. The van der Waals surface area contributed by atoms with E-state index in [0.29, 0.717) is 24.8 Å². The van der Waals surface area contributed by atoms with E-state index in [0.717, 1.165) is 0 Å². The van der Waals surface area contributed by atoms with Crippen LogP contribution in [0.15, 0.2) is 23.8 Å². The summed E-state index contributed by atoms with van der Waals surface area (Å²) in [6.07, 6.45) is 3.58. The third-order valence-electron chi connectivity index (χ3n) is 9.94. The fourth-order valence-electron chi connectivity index (χ4n) is 8.33. The second-order valence-corrected chi connectivity index (χ2v) is 13.5. The number of Topliss-reactive ketones (excluding diaryl/α,β-unsaturated/α-hetero) is 1. The maximum absolute atomic E-state index is 17.4. The molecular formula is C30H40ClFO7. The van der Waals surface area contributed by atoms with Crippen LogP contribution in [0.3, 0.4) is 0 Å². The van der Waals surface area contributed by atoms with Crippen molar-refractivity contribution in [3.63, 3.8) is 0 Å². The number of aliphatic hydroxyl groups is 1. The van der Waals surface area contributed by atoms with E-state index in [2.05, 4.69) is 0 Å². The van der Waals surface area contributed by atoms with Crippen LogP contribution < -0.4 is 0 Å². The zero-order valence-corrected chi connectivity index (χ0v) is 24.4. The maximum atomic E-state index is 17.4. The summed E-state index contributed by atoms with van der Waals surface area (Å²) in [6, 6.07) is 0. The summed E-state index contributed by atoms with van der Waals surface area (Å²) in [5, 5.41) is 11.6. The Morgan fingerprint density at radius 3 is 2.41 bits per heavy atom. The first-order valence-electron chi connectivity index (χ1n) is 13.8. The Hall–Kier alpha value is -2.06. The SMILES string of the molecule is C[C@H]1C[C@H]2[C@@H]3CCC4=CC(=O)C=C[C@]4(C)[C@@]3(F)[C@@H](O)C[C@]2(C)[C@@]1(OC(=O)CCC(=O)OC(C)(C)C)C(=O)CCl. The van der Waals surface area contributed by atoms with Gasteiger partial charge >= 0.3 is 11.9 Å². The molecule has 9 heteroatoms. The molecule has 0 aromatic rings. The number of hydrogen-bond acceptors (Lipinski definition) is 7. The van der Waals surface area contributed by atoms with E-state index in [1.54, 1.807) is 47.6 Å². The molecule has 0 aromatic heterocycles. The van der Waals surface area contributed by atoms with E-state index in [1.165, 1.54) is 12.2 Å². The van der Waals surface area contributed by atoms with Crippen LogP contribution in [-0.2, 0) is 28.7 Å². The van der Waals surface area contributed by atoms with Crippen LogP contribution in [0.2, 0.25) is 0 Å². The highest BCUT2D eigenvalue weighted by Crippen LogP contribution is 2.71. The first-order valence-corrected chi connectivity index (χ1v) is 14.3. The molecule has 4 aliphatic rings. The zero-order valence-electron chi connectivity index (χ0n) is 23.6. The van der Waals surface area contributed by atoms with Crippen molar-refractivity contribution in [3.8, 4) is 0 Å². The Morgan fingerprint density at radius 2 is 1.79 bits per heavy atom. The summed E-state index contributed by atoms with van der Waals surface area (Å²) >= 11 is 6.09. The van der Waals surface area contributed by atoms with Gasteiger partial charge in [-0.15, -0.1) is 11.6 Å². The molecule has 0 radical (unpaired) electrons. The number of hydrogen-bond donors (Lipinski definition) is 1. The van der Waals surface area contributed by atoms with E-state index in [-0.39, 0.29) is 25.0 Å². The lowest BCUT2D eigenvalue weighted by Crippen LogP contribution is -2.70. The molecule has 4 aliphatic carbocycles. The van der Waals surface area contributed by atoms with Gasteiger partial charge in [-0.1, -0.05) is 25.5 Å². The van der Waals surface area contributed by atoms with Gasteiger partial charge in [0, 0.05) is 22.7 Å². The summed E-state index contributed by atoms with van der Waals surface area (Å²) in [7, 11) is 0. The van der Waals surface area contributed by atoms with Gasteiger partial charge < -0.3 is 14.6 Å². The molecule has 3 saturated carbocycles. The molecule has 39 heavy (non-hydrogen) atoms. The molecule has 0 bridgehead atoms. The number of ketones is 2. The second-order valence-electron chi connectivity index (χ2n) is 13.3. The Bertz CT molecular complexity index is 1140. The molecule has 8 atom stereocenters. The molecule has 0 saturated heterocycles. The monoisotopic (exact) mass is 566 g/mol. The molecule has 0 heterocycles. The van der Waals surface area contributed by atoms with Gasteiger partial charge in [-0.2, -0.15) is 0 Å². The minimum atomic E-state index is -2.07. The molecule has 0 aliphatic heterocycles. The number of carbonyl (C=O) groups excluding carboxylic acids is 4. The summed E-state index contributed by atoms with van der Waals surface area (Å²) in [6.45, 7) is 10.5. The van der Waals surface area contributed by atoms with Gasteiger partial charge in [0.25, 0.3) is 0 Å². The summed E-state index contributed by atoms with van der Waals surface area (Å²) in [4.78, 5) is 51.0. The highest BCUT2D eigenvalue weighted by atomic mass is 35.5. The molecule has 0 unspecified atom stereocenters. The van der Waals surface area contributed by atoms with Crippen LogP contribution in [0.4, 0.5) is 4.39 Å². The highest BCUT2D eigenvalue weighted by molar-refractivity contribution is 6.29. The molecule has 4 rings (SSSR count). The van der Waals surface area contributed by atoms with Crippen molar-refractivity contribution in [2.24, 2.45) is 28.6 Å². The molecule has 3 fully saturated rings. The Kier molecular flexibility index (Phi) is 7.51. The third kappa shape index (κ3) is 4.41. The summed E-state index contributed by atoms with van der Waals surface area (Å²) in [5.74, 6) is -3.93. The van der Waals surface area contributed by atoms with E-state index in [9.17, 15) is 24.3 Å². The molecule has 0 amide bonds. The molecule has 0 spiro atoms. The Labute approximate surface area is 234 Å². The lowest BCUT2D eigenvalue weighted by Gasteiger charge is -2.62. The topological polar surface area (TPSA) is 107 Å². The van der Waals surface area contributed by atoms with Crippen molar-refractivity contribution < 1.29 is 38.1 Å². The zero-order chi connectivity index (χ0) is 29.2. The number of allylic oxidation sites excluding steroid dienone is 4. The summed E-state index contributed by atoms with van der Waals surface area (Å²) < 4.78 is 28.7. The van der Waals surface area contributed by atoms with Crippen LogP contribution in [0.5, 0.6) is 0 Å². The fraction of sp³-hybridized carbons (Fsp3) is 0.733. The number of esters is 2. The maximum Gasteiger partial charge on any atom is 0.307 e. The lowest BCUT2D eigenvalue weighted by atomic mass is 9.44. The van der Waals surface area contributed by atoms with Gasteiger partial charge in [-0.3, -0.25) is 19.2 Å². The number of ether oxygens (including phenoxy) is 2. The van der Waals surface area contributed by atoms with Crippen LogP contribution >= 0.6 is 11.6 Å². The smallest absolute Gasteiger partial charge is 0.307 e. The van der Waals surface area contributed by atoms with Crippen molar-refractivity contribution in [1.82, 2.24) is 0 Å². The molecule has 7 nitrogen and oxygen atoms in total. The lowest BCUT2D eigenvalue weighted by molar-refractivity contribution is -0.227. The average molecular weight is 567 g/mol. The molecule has 1 N–H and O–H groups in total. The van der Waals surface area contributed by atoms with E-state index >= 15 is 4.39 Å². The average Bonchev–Trinajstić information content (AvgIpc) is 3.04. The number of halogens is 2. The molecule has 216 valence electrons. The number of fused-ring (bicyclic) bond motifs is 5. The van der Waals surface area contributed by atoms with Crippen molar-refractivity contribution in [3.05, 3.63) is 23.8 Å². The molecular weight excluding hydrogens is 527 g/mol. The minimum Gasteiger partial charge on any atom is -0.460 e. The quantitative estimate of drug-likeness (QED) is 0.363. The van der Waals surface area contributed by atoms with Crippen molar-refractivity contribution in [2.45, 2.75) is 103 Å². The van der Waals surface area contributed by atoms with Gasteiger partial charge in [0.1, 0.15) is 5.60 Å². The van der Waals surface area contributed by atoms with E-state index < -0.39 is 75.2 Å². The standard InChI is InChI=1S/C30H40ClFO7/c1-17-13-21-20-8-7-18-14-19(33)11-12-27(18,5)29(20,32)22(34)15-28(21,6)30(17,23(35)16-31)39-25(37)10-9-24(36)38-26(2,3)4/h11-12,14,17,20-22,34H,7-10,13,15-16H2,1-6H3/t17-,20-,21-,22-,27-,28-,29-,30-/m0/s1. The van der Waals surface area contributed by atoms with Crippen LogP contribution in [0, 0.1) is 28.6 Å². The Morgan fingerprint density at radius 1 is 1.15 bits per heavy atom. The van der Waals surface area contributed by atoms with E-state index in [1.807, 2.05) is 0 Å². The fourth-order valence-corrected chi connectivity index (χ4v) is 8.52.